The van der Waals surface area contributed by atoms with Crippen LogP contribution in [0.5, 0.6) is 0 Å². The summed E-state index contributed by atoms with van der Waals surface area (Å²) in [7, 11) is -3.55. The first-order chi connectivity index (χ1) is 14.9. The van der Waals surface area contributed by atoms with Crippen molar-refractivity contribution in [2.75, 3.05) is 42.9 Å². The summed E-state index contributed by atoms with van der Waals surface area (Å²) in [6, 6.07) is 7.27. The largest absolute Gasteiger partial charge is 0.366 e. The third kappa shape index (κ3) is 6.62. The molecule has 1 fully saturated rings. The van der Waals surface area contributed by atoms with Crippen LogP contribution in [0.25, 0.3) is 0 Å². The highest BCUT2D eigenvalue weighted by Gasteiger charge is 2.18. The summed E-state index contributed by atoms with van der Waals surface area (Å²) in [6.45, 7) is 11.9. The molecule has 1 aliphatic rings. The van der Waals surface area contributed by atoms with Gasteiger partial charge in [-0.1, -0.05) is 20.3 Å². The maximum Gasteiger partial charge on any atom is 0.242 e. The number of pyridine rings is 2. The van der Waals surface area contributed by atoms with Crippen LogP contribution in [0.15, 0.2) is 41.6 Å². The van der Waals surface area contributed by atoms with Crippen molar-refractivity contribution < 1.29 is 8.42 Å². The molecule has 8 nitrogen and oxygen atoms in total. The molecule has 0 bridgehead atoms. The van der Waals surface area contributed by atoms with Gasteiger partial charge in [-0.2, -0.15) is 0 Å². The molecule has 0 spiro atoms. The topological polar surface area (TPSA) is 90.5 Å². The van der Waals surface area contributed by atoms with Crippen LogP contribution in [-0.2, 0) is 16.6 Å². The first-order valence-electron chi connectivity index (χ1n) is 11.1. The van der Waals surface area contributed by atoms with Gasteiger partial charge in [-0.3, -0.25) is 0 Å². The molecule has 2 aromatic heterocycles. The predicted octanol–water partition coefficient (Wildman–Crippen LogP) is 2.70. The average molecular weight is 447 g/mol. The highest BCUT2D eigenvalue weighted by molar-refractivity contribution is 7.89. The summed E-state index contributed by atoms with van der Waals surface area (Å²) in [4.78, 5) is 13.8. The standard InChI is InChI=1S/C22H34N6O2S/c1-4-6-18(3)26-31(29,30)20-7-8-21(25-17-20)24-16-19-9-10-23-22(15-19)28-13-11-27(5-2)12-14-28/h7-10,15,17-18,26H,4-6,11-14,16H2,1-3H3,(H,24,25). The Kier molecular flexibility index (Phi) is 8.22. The molecular formula is C22H34N6O2S. The van der Waals surface area contributed by atoms with Gasteiger partial charge in [0.05, 0.1) is 0 Å². The Morgan fingerprint density at radius 1 is 1.10 bits per heavy atom. The van der Waals surface area contributed by atoms with Gasteiger partial charge >= 0.3 is 0 Å². The molecule has 2 aromatic rings. The molecule has 3 heterocycles. The maximum absolute atomic E-state index is 12.4. The predicted molar refractivity (Wildman–Crippen MR) is 125 cm³/mol. The number of piperazine rings is 1. The summed E-state index contributed by atoms with van der Waals surface area (Å²) >= 11 is 0. The lowest BCUT2D eigenvalue weighted by atomic mass is 10.2. The number of hydrogen-bond donors (Lipinski definition) is 2. The number of sulfonamides is 1. The third-order valence-corrected chi connectivity index (χ3v) is 7.13. The van der Waals surface area contributed by atoms with E-state index in [4.69, 9.17) is 0 Å². The zero-order valence-electron chi connectivity index (χ0n) is 18.7. The van der Waals surface area contributed by atoms with Gasteiger partial charge < -0.3 is 15.1 Å². The zero-order chi connectivity index (χ0) is 22.3. The second kappa shape index (κ2) is 10.9. The minimum absolute atomic E-state index is 0.0985. The Bertz CT molecular complexity index is 927. The molecule has 1 atom stereocenters. The molecular weight excluding hydrogens is 412 g/mol. The van der Waals surface area contributed by atoms with Crippen LogP contribution in [0.1, 0.15) is 39.2 Å². The van der Waals surface area contributed by atoms with Crippen molar-refractivity contribution in [3.05, 3.63) is 42.2 Å². The maximum atomic E-state index is 12.4. The molecule has 0 radical (unpaired) electrons. The molecule has 0 amide bonds. The van der Waals surface area contributed by atoms with Crippen LogP contribution in [0.4, 0.5) is 11.6 Å². The molecule has 31 heavy (non-hydrogen) atoms. The number of likely N-dealkylation sites (N-methyl/N-ethyl adjacent to an activating group) is 1. The van der Waals surface area contributed by atoms with E-state index in [1.807, 2.05) is 26.1 Å². The van der Waals surface area contributed by atoms with Crippen molar-refractivity contribution in [2.45, 2.75) is 51.1 Å². The SMILES string of the molecule is CCCC(C)NS(=O)(=O)c1ccc(NCc2ccnc(N3CCN(CC)CC3)c2)nc1. The van der Waals surface area contributed by atoms with Gasteiger partial charge in [0.15, 0.2) is 0 Å². The van der Waals surface area contributed by atoms with E-state index in [1.54, 1.807) is 12.1 Å². The van der Waals surface area contributed by atoms with Crippen molar-refractivity contribution in [1.29, 1.82) is 0 Å². The first-order valence-corrected chi connectivity index (χ1v) is 12.5. The number of nitrogens with zero attached hydrogens (tertiary/aromatic N) is 4. The normalized spacial score (nSPS) is 16.3. The van der Waals surface area contributed by atoms with Crippen LogP contribution in [-0.4, -0.2) is 62.1 Å². The Balaban J connectivity index is 1.57. The molecule has 9 heteroatoms. The van der Waals surface area contributed by atoms with Gasteiger partial charge in [-0.05, 0) is 49.7 Å². The van der Waals surface area contributed by atoms with E-state index in [0.717, 1.165) is 56.9 Å². The van der Waals surface area contributed by atoms with E-state index in [2.05, 4.69) is 42.8 Å². The number of hydrogen-bond acceptors (Lipinski definition) is 7. The van der Waals surface area contributed by atoms with E-state index < -0.39 is 10.0 Å². The van der Waals surface area contributed by atoms with E-state index in [9.17, 15) is 8.42 Å². The van der Waals surface area contributed by atoms with Crippen LogP contribution >= 0.6 is 0 Å². The van der Waals surface area contributed by atoms with E-state index in [1.165, 1.54) is 6.20 Å². The molecule has 0 saturated carbocycles. The summed E-state index contributed by atoms with van der Waals surface area (Å²) in [6.07, 6.45) is 4.96. The fraction of sp³-hybridized carbons (Fsp3) is 0.545. The van der Waals surface area contributed by atoms with Crippen molar-refractivity contribution in [3.8, 4) is 0 Å². The Labute approximate surface area is 186 Å². The van der Waals surface area contributed by atoms with Crippen molar-refractivity contribution >= 4 is 21.7 Å². The minimum Gasteiger partial charge on any atom is -0.366 e. The lowest BCUT2D eigenvalue weighted by molar-refractivity contribution is 0.270. The monoisotopic (exact) mass is 446 g/mol. The molecule has 1 unspecified atom stereocenters. The van der Waals surface area contributed by atoms with Gasteiger partial charge in [-0.15, -0.1) is 0 Å². The Morgan fingerprint density at radius 2 is 1.87 bits per heavy atom. The summed E-state index contributed by atoms with van der Waals surface area (Å²) < 4.78 is 27.6. The smallest absolute Gasteiger partial charge is 0.242 e. The molecule has 0 aromatic carbocycles. The molecule has 0 aliphatic carbocycles. The summed E-state index contributed by atoms with van der Waals surface area (Å²) in [5.74, 6) is 1.63. The molecule has 3 rings (SSSR count). The van der Waals surface area contributed by atoms with Crippen molar-refractivity contribution in [1.82, 2.24) is 19.6 Å². The summed E-state index contributed by atoms with van der Waals surface area (Å²) in [5.41, 5.74) is 1.11. The number of anilines is 2. The van der Waals surface area contributed by atoms with Crippen LogP contribution in [0.2, 0.25) is 0 Å². The average Bonchev–Trinajstić information content (AvgIpc) is 2.78. The minimum atomic E-state index is -3.55. The number of nitrogens with one attached hydrogen (secondary N) is 2. The van der Waals surface area contributed by atoms with Crippen LogP contribution in [0, 0.1) is 0 Å². The van der Waals surface area contributed by atoms with Crippen molar-refractivity contribution in [3.63, 3.8) is 0 Å². The second-order valence-corrected chi connectivity index (χ2v) is 9.70. The molecule has 1 saturated heterocycles. The third-order valence-electron chi connectivity index (χ3n) is 5.55. The highest BCUT2D eigenvalue weighted by atomic mass is 32.2. The number of aromatic nitrogens is 2. The van der Waals surface area contributed by atoms with Crippen LogP contribution < -0.4 is 14.9 Å². The Morgan fingerprint density at radius 3 is 2.52 bits per heavy atom. The lowest BCUT2D eigenvalue weighted by Crippen LogP contribution is -2.46. The fourth-order valence-corrected chi connectivity index (χ4v) is 4.92. The van der Waals surface area contributed by atoms with Gasteiger partial charge in [-0.25, -0.2) is 23.1 Å². The van der Waals surface area contributed by atoms with Gasteiger partial charge in [0, 0.05) is 51.2 Å². The molecule has 1 aliphatic heterocycles. The second-order valence-electron chi connectivity index (χ2n) is 7.99. The summed E-state index contributed by atoms with van der Waals surface area (Å²) in [5, 5.41) is 3.27. The van der Waals surface area contributed by atoms with E-state index in [0.29, 0.717) is 12.4 Å². The first kappa shape index (κ1) is 23.4. The van der Waals surface area contributed by atoms with Gasteiger partial charge in [0.2, 0.25) is 10.0 Å². The fourth-order valence-electron chi connectivity index (χ4n) is 3.70. The Hall–Kier alpha value is -2.23. The van der Waals surface area contributed by atoms with E-state index in [-0.39, 0.29) is 10.9 Å². The number of rotatable bonds is 10. The van der Waals surface area contributed by atoms with Gasteiger partial charge in [0.25, 0.3) is 0 Å². The van der Waals surface area contributed by atoms with E-state index >= 15 is 0 Å². The molecule has 2 N–H and O–H groups in total. The highest BCUT2D eigenvalue weighted by Crippen LogP contribution is 2.17. The zero-order valence-corrected chi connectivity index (χ0v) is 19.5. The quantitative estimate of drug-likeness (QED) is 0.580. The molecule has 170 valence electrons. The lowest BCUT2D eigenvalue weighted by Gasteiger charge is -2.34. The van der Waals surface area contributed by atoms with Crippen molar-refractivity contribution in [2.24, 2.45) is 0 Å². The van der Waals surface area contributed by atoms with Gasteiger partial charge in [0.1, 0.15) is 16.5 Å². The van der Waals surface area contributed by atoms with Crippen LogP contribution in [0.3, 0.4) is 0 Å².